The van der Waals surface area contributed by atoms with Gasteiger partial charge in [0.25, 0.3) is 5.91 Å². The maximum absolute atomic E-state index is 11.9. The van der Waals surface area contributed by atoms with Crippen molar-refractivity contribution in [1.82, 2.24) is 19.4 Å². The van der Waals surface area contributed by atoms with E-state index in [2.05, 4.69) is 44.3 Å². The van der Waals surface area contributed by atoms with Gasteiger partial charge in [-0.2, -0.15) is 4.98 Å². The fraction of sp³-hybridized carbons (Fsp3) is 0.269. The summed E-state index contributed by atoms with van der Waals surface area (Å²) in [6, 6.07) is 17.7. The lowest BCUT2D eigenvalue weighted by atomic mass is 10.2. The van der Waals surface area contributed by atoms with E-state index in [1.807, 2.05) is 41.0 Å². The summed E-state index contributed by atoms with van der Waals surface area (Å²) in [4.78, 5) is 25.8. The number of benzene rings is 2. The molecular weight excluding hydrogens is 426 g/mol. The van der Waals surface area contributed by atoms with E-state index in [9.17, 15) is 4.79 Å². The number of fused-ring (bicyclic) bond motifs is 1. The standard InChI is InChI=1S/C26H29N7O/c1-31(16-17-32-14-4-5-15-32)20-10-8-19(9-11-20)29-26-28-13-12-24(30-26)33-18-22(25(27)34)21-6-2-3-7-23(21)33/h2-3,6-13,18H,4-5,14-17H2,1H3,(H2,27,34)(H,28,29,30). The Bertz CT molecular complexity index is 1290. The van der Waals surface area contributed by atoms with Crippen LogP contribution in [0.2, 0.25) is 0 Å². The van der Waals surface area contributed by atoms with Crippen molar-refractivity contribution in [2.75, 3.05) is 43.4 Å². The molecular formula is C26H29N7O. The molecule has 0 atom stereocenters. The second-order valence-corrected chi connectivity index (χ2v) is 8.67. The molecule has 3 N–H and O–H groups in total. The number of nitrogens with zero attached hydrogens (tertiary/aromatic N) is 5. The van der Waals surface area contributed by atoms with Gasteiger partial charge in [0, 0.05) is 49.3 Å². The van der Waals surface area contributed by atoms with Crippen molar-refractivity contribution in [2.45, 2.75) is 12.8 Å². The summed E-state index contributed by atoms with van der Waals surface area (Å²) >= 11 is 0. The van der Waals surface area contributed by atoms with Gasteiger partial charge >= 0.3 is 0 Å². The van der Waals surface area contributed by atoms with Crippen LogP contribution in [0.25, 0.3) is 16.7 Å². The van der Waals surface area contributed by atoms with Gasteiger partial charge in [0.05, 0.1) is 11.1 Å². The van der Waals surface area contributed by atoms with E-state index in [0.29, 0.717) is 17.3 Å². The fourth-order valence-electron chi connectivity index (χ4n) is 4.46. The van der Waals surface area contributed by atoms with Crippen molar-refractivity contribution in [3.8, 4) is 5.82 Å². The molecule has 174 valence electrons. The summed E-state index contributed by atoms with van der Waals surface area (Å²) < 4.78 is 1.86. The van der Waals surface area contributed by atoms with Crippen LogP contribution in [0.4, 0.5) is 17.3 Å². The van der Waals surface area contributed by atoms with Crippen LogP contribution < -0.4 is 16.0 Å². The topological polar surface area (TPSA) is 92.3 Å². The van der Waals surface area contributed by atoms with Crippen molar-refractivity contribution in [2.24, 2.45) is 5.73 Å². The van der Waals surface area contributed by atoms with Gasteiger partial charge in [-0.05, 0) is 62.3 Å². The first-order valence-corrected chi connectivity index (χ1v) is 11.6. The Balaban J connectivity index is 1.31. The first kappa shape index (κ1) is 21.9. The number of likely N-dealkylation sites (tertiary alicyclic amines) is 1. The number of nitrogens with two attached hydrogens (primary N) is 1. The van der Waals surface area contributed by atoms with Gasteiger partial charge in [0.2, 0.25) is 5.95 Å². The lowest BCUT2D eigenvalue weighted by Crippen LogP contribution is -2.31. The molecule has 1 aliphatic rings. The zero-order valence-corrected chi connectivity index (χ0v) is 19.3. The highest BCUT2D eigenvalue weighted by molar-refractivity contribution is 6.06. The van der Waals surface area contributed by atoms with E-state index in [-0.39, 0.29) is 0 Å². The van der Waals surface area contributed by atoms with Gasteiger partial charge in [0.1, 0.15) is 5.82 Å². The van der Waals surface area contributed by atoms with Crippen molar-refractivity contribution >= 4 is 34.1 Å². The molecule has 2 aromatic heterocycles. The monoisotopic (exact) mass is 455 g/mol. The minimum absolute atomic E-state index is 0.465. The van der Waals surface area contributed by atoms with E-state index in [1.165, 1.54) is 31.6 Å². The van der Waals surface area contributed by atoms with Gasteiger partial charge in [-0.15, -0.1) is 0 Å². The highest BCUT2D eigenvalue weighted by Crippen LogP contribution is 2.25. The second-order valence-electron chi connectivity index (χ2n) is 8.67. The maximum atomic E-state index is 11.9. The van der Waals surface area contributed by atoms with Crippen LogP contribution in [0.5, 0.6) is 0 Å². The minimum atomic E-state index is -0.465. The second kappa shape index (κ2) is 9.52. The predicted molar refractivity (Wildman–Crippen MR) is 136 cm³/mol. The van der Waals surface area contributed by atoms with Gasteiger partial charge in [-0.25, -0.2) is 4.98 Å². The Labute approximate surface area is 199 Å². The van der Waals surface area contributed by atoms with Gasteiger partial charge in [0.15, 0.2) is 0 Å². The van der Waals surface area contributed by atoms with E-state index in [4.69, 9.17) is 5.73 Å². The van der Waals surface area contributed by atoms with Crippen molar-refractivity contribution in [1.29, 1.82) is 0 Å². The SMILES string of the molecule is CN(CCN1CCCC1)c1ccc(Nc2nccc(-n3cc(C(N)=O)c4ccccc43)n2)cc1. The fourth-order valence-corrected chi connectivity index (χ4v) is 4.46. The van der Waals surface area contributed by atoms with Gasteiger partial charge < -0.3 is 25.4 Å². The maximum Gasteiger partial charge on any atom is 0.250 e. The normalized spacial score (nSPS) is 13.9. The number of carbonyl (C=O) groups is 1. The number of hydrogen-bond acceptors (Lipinski definition) is 6. The molecule has 8 heteroatoms. The molecule has 34 heavy (non-hydrogen) atoms. The highest BCUT2D eigenvalue weighted by atomic mass is 16.1. The zero-order chi connectivity index (χ0) is 23.5. The average molecular weight is 456 g/mol. The highest BCUT2D eigenvalue weighted by Gasteiger charge is 2.15. The Hall–Kier alpha value is -3.91. The number of likely N-dealkylation sites (N-methyl/N-ethyl adjacent to an activating group) is 1. The lowest BCUT2D eigenvalue weighted by molar-refractivity contribution is 0.100. The van der Waals surface area contributed by atoms with Crippen LogP contribution in [0, 0.1) is 0 Å². The summed E-state index contributed by atoms with van der Waals surface area (Å²) in [7, 11) is 2.13. The first-order valence-electron chi connectivity index (χ1n) is 11.6. The first-order chi connectivity index (χ1) is 16.6. The van der Waals surface area contributed by atoms with Gasteiger partial charge in [-0.1, -0.05) is 18.2 Å². The van der Waals surface area contributed by atoms with Gasteiger partial charge in [-0.3, -0.25) is 4.79 Å². The molecule has 0 saturated carbocycles. The number of para-hydroxylation sites is 1. The quantitative estimate of drug-likeness (QED) is 0.420. The van der Waals surface area contributed by atoms with Crippen LogP contribution in [0.3, 0.4) is 0 Å². The number of amides is 1. The van der Waals surface area contributed by atoms with Crippen LogP contribution in [0.1, 0.15) is 23.2 Å². The molecule has 1 saturated heterocycles. The average Bonchev–Trinajstić information content (AvgIpc) is 3.51. The predicted octanol–water partition coefficient (Wildman–Crippen LogP) is 3.80. The van der Waals surface area contributed by atoms with Crippen LogP contribution in [0.15, 0.2) is 67.0 Å². The van der Waals surface area contributed by atoms with Crippen LogP contribution in [-0.2, 0) is 0 Å². The molecule has 4 aromatic rings. The number of primary amides is 1. The lowest BCUT2D eigenvalue weighted by Gasteiger charge is -2.23. The molecule has 1 aliphatic heterocycles. The summed E-state index contributed by atoms with van der Waals surface area (Å²) in [5.74, 6) is 0.665. The van der Waals surface area contributed by atoms with Crippen molar-refractivity contribution in [3.63, 3.8) is 0 Å². The Morgan fingerprint density at radius 3 is 2.62 bits per heavy atom. The molecule has 0 radical (unpaired) electrons. The Kier molecular flexibility index (Phi) is 6.14. The number of rotatable bonds is 8. The summed E-state index contributed by atoms with van der Waals surface area (Å²) in [6.45, 7) is 4.55. The number of hydrogen-bond donors (Lipinski definition) is 2. The molecule has 0 spiro atoms. The molecule has 1 amide bonds. The van der Waals surface area contributed by atoms with E-state index < -0.39 is 5.91 Å². The third-order valence-electron chi connectivity index (χ3n) is 6.38. The molecule has 2 aromatic carbocycles. The Morgan fingerprint density at radius 1 is 1.09 bits per heavy atom. The van der Waals surface area contributed by atoms with Crippen molar-refractivity contribution < 1.29 is 4.79 Å². The molecule has 5 rings (SSSR count). The largest absolute Gasteiger partial charge is 0.373 e. The number of anilines is 3. The molecule has 0 unspecified atom stereocenters. The minimum Gasteiger partial charge on any atom is -0.373 e. The smallest absolute Gasteiger partial charge is 0.250 e. The molecule has 0 aliphatic carbocycles. The number of nitrogens with one attached hydrogen (secondary N) is 1. The molecule has 1 fully saturated rings. The third kappa shape index (κ3) is 4.58. The van der Waals surface area contributed by atoms with E-state index in [1.54, 1.807) is 18.5 Å². The third-order valence-corrected chi connectivity index (χ3v) is 6.38. The van der Waals surface area contributed by atoms with Crippen LogP contribution >= 0.6 is 0 Å². The molecule has 8 nitrogen and oxygen atoms in total. The van der Waals surface area contributed by atoms with Crippen molar-refractivity contribution in [3.05, 3.63) is 72.6 Å². The summed E-state index contributed by atoms with van der Waals surface area (Å²) in [6.07, 6.45) is 6.07. The number of carbonyl (C=O) groups excluding carboxylic acids is 1. The molecule has 3 heterocycles. The van der Waals surface area contributed by atoms with Crippen LogP contribution in [-0.4, -0.2) is 58.6 Å². The summed E-state index contributed by atoms with van der Waals surface area (Å²) in [5, 5.41) is 4.08. The molecule has 0 bridgehead atoms. The van der Waals surface area contributed by atoms with E-state index in [0.717, 1.165) is 29.7 Å². The van der Waals surface area contributed by atoms with E-state index >= 15 is 0 Å². The Morgan fingerprint density at radius 2 is 1.85 bits per heavy atom. The number of aromatic nitrogens is 3. The zero-order valence-electron chi connectivity index (χ0n) is 19.3. The summed E-state index contributed by atoms with van der Waals surface area (Å²) in [5.41, 5.74) is 9.00.